The summed E-state index contributed by atoms with van der Waals surface area (Å²) >= 11 is 5.72. The largest absolute Gasteiger partial charge is 0.381 e. The highest BCUT2D eigenvalue weighted by atomic mass is 35.5. The minimum atomic E-state index is -0.496. The van der Waals surface area contributed by atoms with Crippen LogP contribution < -0.4 is 5.32 Å². The number of H-pyrrole nitrogens is 1. The molecule has 6 heteroatoms. The van der Waals surface area contributed by atoms with Gasteiger partial charge in [0.25, 0.3) is 5.69 Å². The van der Waals surface area contributed by atoms with Crippen molar-refractivity contribution in [2.75, 3.05) is 5.32 Å². The van der Waals surface area contributed by atoms with Crippen molar-refractivity contribution in [1.29, 1.82) is 0 Å². The molecule has 0 bridgehead atoms. The van der Waals surface area contributed by atoms with Crippen molar-refractivity contribution in [1.82, 2.24) is 4.98 Å². The number of rotatable bonds is 4. The van der Waals surface area contributed by atoms with E-state index in [4.69, 9.17) is 11.6 Å². The quantitative estimate of drug-likeness (QED) is 0.648. The first kappa shape index (κ1) is 11.5. The van der Waals surface area contributed by atoms with E-state index >= 15 is 0 Å². The molecule has 2 rings (SSSR count). The summed E-state index contributed by atoms with van der Waals surface area (Å²) in [4.78, 5) is 13.1. The number of anilines is 1. The van der Waals surface area contributed by atoms with Gasteiger partial charge in [-0.05, 0) is 23.8 Å². The number of benzene rings is 1. The van der Waals surface area contributed by atoms with Gasteiger partial charge in [0.2, 0.25) is 0 Å². The molecule has 1 heterocycles. The molecule has 0 aliphatic heterocycles. The predicted octanol–water partition coefficient (Wildman–Crippen LogP) is 3.19. The fourth-order valence-corrected chi connectivity index (χ4v) is 1.62. The molecule has 2 aromatic rings. The number of nitrogens with zero attached hydrogens (tertiary/aromatic N) is 1. The molecule has 0 spiro atoms. The Morgan fingerprint density at radius 2 is 2.24 bits per heavy atom. The highest BCUT2D eigenvalue weighted by Crippen LogP contribution is 2.27. The molecule has 88 valence electrons. The lowest BCUT2D eigenvalue weighted by molar-refractivity contribution is -0.384. The maximum Gasteiger partial charge on any atom is 0.289 e. The standard InChI is InChI=1S/C11H10ClN3O2/c12-10-2-1-9(5-11(10)15(16)17)14-7-8-3-4-13-6-8/h1-6,13-14H,7H2. The van der Waals surface area contributed by atoms with E-state index in [9.17, 15) is 10.1 Å². The van der Waals surface area contributed by atoms with Gasteiger partial charge in [-0.15, -0.1) is 0 Å². The number of aromatic amines is 1. The number of nitrogens with one attached hydrogen (secondary N) is 2. The third-order valence-electron chi connectivity index (χ3n) is 2.30. The molecule has 0 atom stereocenters. The molecular formula is C11H10ClN3O2. The molecule has 5 nitrogen and oxygen atoms in total. The molecule has 0 unspecified atom stereocenters. The van der Waals surface area contributed by atoms with Gasteiger partial charge < -0.3 is 10.3 Å². The van der Waals surface area contributed by atoms with Crippen molar-refractivity contribution in [3.05, 3.63) is 57.4 Å². The summed E-state index contributed by atoms with van der Waals surface area (Å²) < 4.78 is 0. The number of hydrogen-bond donors (Lipinski definition) is 2. The molecule has 0 saturated heterocycles. The maximum absolute atomic E-state index is 10.7. The average molecular weight is 252 g/mol. The van der Waals surface area contributed by atoms with Crippen molar-refractivity contribution >= 4 is 23.0 Å². The summed E-state index contributed by atoms with van der Waals surface area (Å²) in [6, 6.07) is 6.58. The molecular weight excluding hydrogens is 242 g/mol. The Labute approximate surface area is 103 Å². The number of aromatic nitrogens is 1. The van der Waals surface area contributed by atoms with Crippen molar-refractivity contribution < 1.29 is 4.92 Å². The van der Waals surface area contributed by atoms with E-state index < -0.39 is 4.92 Å². The second-order valence-electron chi connectivity index (χ2n) is 3.50. The molecule has 0 radical (unpaired) electrons. The number of hydrogen-bond acceptors (Lipinski definition) is 3. The normalized spacial score (nSPS) is 10.2. The van der Waals surface area contributed by atoms with Crippen molar-refractivity contribution in [3.63, 3.8) is 0 Å². The first-order valence-corrected chi connectivity index (χ1v) is 5.34. The Morgan fingerprint density at radius 3 is 2.88 bits per heavy atom. The molecule has 0 aliphatic carbocycles. The van der Waals surface area contributed by atoms with E-state index in [-0.39, 0.29) is 10.7 Å². The van der Waals surface area contributed by atoms with E-state index in [0.717, 1.165) is 5.56 Å². The van der Waals surface area contributed by atoms with Crippen LogP contribution in [-0.2, 0) is 6.54 Å². The van der Waals surface area contributed by atoms with Gasteiger partial charge in [-0.3, -0.25) is 10.1 Å². The highest BCUT2D eigenvalue weighted by molar-refractivity contribution is 6.32. The van der Waals surface area contributed by atoms with Crippen molar-refractivity contribution in [3.8, 4) is 0 Å². The van der Waals surface area contributed by atoms with Gasteiger partial charge in [0, 0.05) is 30.7 Å². The van der Waals surface area contributed by atoms with Crippen LogP contribution in [-0.4, -0.2) is 9.91 Å². The van der Waals surface area contributed by atoms with Crippen LogP contribution in [0.1, 0.15) is 5.56 Å². The zero-order chi connectivity index (χ0) is 12.3. The summed E-state index contributed by atoms with van der Waals surface area (Å²) in [7, 11) is 0. The molecule has 0 fully saturated rings. The fourth-order valence-electron chi connectivity index (χ4n) is 1.44. The van der Waals surface area contributed by atoms with Gasteiger partial charge in [-0.2, -0.15) is 0 Å². The maximum atomic E-state index is 10.7. The first-order chi connectivity index (χ1) is 8.16. The molecule has 0 amide bonds. The Bertz CT molecular complexity index is 526. The third kappa shape index (κ3) is 2.76. The lowest BCUT2D eigenvalue weighted by Gasteiger charge is -2.05. The van der Waals surface area contributed by atoms with Gasteiger partial charge >= 0.3 is 0 Å². The molecule has 1 aromatic heterocycles. The number of nitro benzene ring substituents is 1. The Hall–Kier alpha value is -2.01. The second kappa shape index (κ2) is 4.88. The smallest absolute Gasteiger partial charge is 0.289 e. The number of nitro groups is 1. The van der Waals surface area contributed by atoms with Gasteiger partial charge in [-0.1, -0.05) is 11.6 Å². The third-order valence-corrected chi connectivity index (χ3v) is 2.62. The molecule has 17 heavy (non-hydrogen) atoms. The van der Waals surface area contributed by atoms with Crippen molar-refractivity contribution in [2.45, 2.75) is 6.54 Å². The van der Waals surface area contributed by atoms with E-state index in [1.807, 2.05) is 18.5 Å². The van der Waals surface area contributed by atoms with E-state index in [0.29, 0.717) is 12.2 Å². The van der Waals surface area contributed by atoms with Crippen LogP contribution in [0.25, 0.3) is 0 Å². The van der Waals surface area contributed by atoms with Crippen LogP contribution in [0.2, 0.25) is 5.02 Å². The Balaban J connectivity index is 2.11. The summed E-state index contributed by atoms with van der Waals surface area (Å²) in [5.41, 5.74) is 1.65. The number of halogens is 1. The van der Waals surface area contributed by atoms with Crippen LogP contribution in [0.3, 0.4) is 0 Å². The predicted molar refractivity (Wildman–Crippen MR) is 66.2 cm³/mol. The van der Waals surface area contributed by atoms with Crippen LogP contribution in [0.5, 0.6) is 0 Å². The first-order valence-electron chi connectivity index (χ1n) is 4.96. The zero-order valence-electron chi connectivity index (χ0n) is 8.81. The van der Waals surface area contributed by atoms with Crippen LogP contribution in [0.15, 0.2) is 36.7 Å². The van der Waals surface area contributed by atoms with Gasteiger partial charge in [-0.25, -0.2) is 0 Å². The summed E-state index contributed by atoms with van der Waals surface area (Å²) in [5.74, 6) is 0. The van der Waals surface area contributed by atoms with Crippen LogP contribution >= 0.6 is 11.6 Å². The van der Waals surface area contributed by atoms with Gasteiger partial charge in [0.15, 0.2) is 0 Å². The van der Waals surface area contributed by atoms with Crippen LogP contribution in [0, 0.1) is 10.1 Å². The van der Waals surface area contributed by atoms with E-state index in [1.165, 1.54) is 12.1 Å². The minimum Gasteiger partial charge on any atom is -0.381 e. The van der Waals surface area contributed by atoms with Crippen molar-refractivity contribution in [2.24, 2.45) is 0 Å². The summed E-state index contributed by atoms with van der Waals surface area (Å²) in [6.45, 7) is 0.599. The Morgan fingerprint density at radius 1 is 1.41 bits per heavy atom. The topological polar surface area (TPSA) is 71.0 Å². The molecule has 0 saturated carbocycles. The van der Waals surface area contributed by atoms with E-state index in [1.54, 1.807) is 6.07 Å². The SMILES string of the molecule is O=[N+]([O-])c1cc(NCc2cc[nH]c2)ccc1Cl. The highest BCUT2D eigenvalue weighted by Gasteiger charge is 2.12. The fraction of sp³-hybridized carbons (Fsp3) is 0.0909. The van der Waals surface area contributed by atoms with Gasteiger partial charge in [0.05, 0.1) is 4.92 Å². The molecule has 2 N–H and O–H groups in total. The van der Waals surface area contributed by atoms with Gasteiger partial charge in [0.1, 0.15) is 5.02 Å². The minimum absolute atomic E-state index is 0.0919. The van der Waals surface area contributed by atoms with E-state index in [2.05, 4.69) is 10.3 Å². The summed E-state index contributed by atoms with van der Waals surface area (Å²) in [5, 5.41) is 13.9. The zero-order valence-corrected chi connectivity index (χ0v) is 9.57. The molecule has 0 aliphatic rings. The lowest BCUT2D eigenvalue weighted by atomic mass is 10.2. The second-order valence-corrected chi connectivity index (χ2v) is 3.90. The van der Waals surface area contributed by atoms with Crippen LogP contribution in [0.4, 0.5) is 11.4 Å². The summed E-state index contributed by atoms with van der Waals surface area (Å²) in [6.07, 6.45) is 3.68. The average Bonchev–Trinajstić information content (AvgIpc) is 2.80. The Kier molecular flexibility index (Phi) is 3.30. The molecule has 1 aromatic carbocycles. The lowest BCUT2D eigenvalue weighted by Crippen LogP contribution is -1.99. The monoisotopic (exact) mass is 251 g/mol.